The maximum atomic E-state index is 12.9. The second-order valence-electron chi connectivity index (χ2n) is 21.3. The van der Waals surface area contributed by atoms with Gasteiger partial charge in [-0.05, 0) is 128 Å². The molecule has 1 unspecified atom stereocenters. The molecular formula is C71H120O6. The summed E-state index contributed by atoms with van der Waals surface area (Å²) >= 11 is 0. The Hall–Kier alpha value is -3.93. The fourth-order valence-electron chi connectivity index (χ4n) is 8.88. The van der Waals surface area contributed by atoms with Crippen molar-refractivity contribution >= 4 is 17.9 Å². The van der Waals surface area contributed by atoms with Crippen LogP contribution >= 0.6 is 0 Å². The van der Waals surface area contributed by atoms with Crippen LogP contribution in [0.3, 0.4) is 0 Å². The molecule has 0 bridgehead atoms. The van der Waals surface area contributed by atoms with E-state index in [4.69, 9.17) is 14.2 Å². The van der Waals surface area contributed by atoms with Gasteiger partial charge >= 0.3 is 17.9 Å². The highest BCUT2D eigenvalue weighted by molar-refractivity contribution is 5.71. The normalized spacial score (nSPS) is 12.8. The number of carbonyl (C=O) groups excluding carboxylic acids is 3. The van der Waals surface area contributed by atoms with Gasteiger partial charge in [0.2, 0.25) is 0 Å². The molecule has 0 amide bonds. The third-order valence-corrected chi connectivity index (χ3v) is 13.7. The second kappa shape index (κ2) is 64.6. The van der Waals surface area contributed by atoms with Gasteiger partial charge < -0.3 is 14.2 Å². The number of hydrogen-bond donors (Lipinski definition) is 0. The summed E-state index contributed by atoms with van der Waals surface area (Å²) in [5.41, 5.74) is 0. The van der Waals surface area contributed by atoms with Crippen molar-refractivity contribution in [1.29, 1.82) is 0 Å². The lowest BCUT2D eigenvalue weighted by Crippen LogP contribution is -2.30. The van der Waals surface area contributed by atoms with Crippen molar-refractivity contribution in [2.75, 3.05) is 13.2 Å². The van der Waals surface area contributed by atoms with E-state index in [9.17, 15) is 14.4 Å². The molecule has 0 aromatic carbocycles. The molecule has 6 heteroatoms. The number of allylic oxidation sites excluding steroid dienone is 18. The Balaban J connectivity index is 4.40. The smallest absolute Gasteiger partial charge is 0.306 e. The number of hydrogen-bond acceptors (Lipinski definition) is 6. The van der Waals surface area contributed by atoms with Crippen molar-refractivity contribution in [3.63, 3.8) is 0 Å². The molecule has 0 fully saturated rings. The molecule has 0 aromatic heterocycles. The molecule has 0 radical (unpaired) electrons. The van der Waals surface area contributed by atoms with E-state index in [1.165, 1.54) is 135 Å². The Morgan fingerprint density at radius 2 is 0.506 bits per heavy atom. The first kappa shape index (κ1) is 73.1. The summed E-state index contributed by atoms with van der Waals surface area (Å²) in [6.07, 6.45) is 88.0. The quantitative estimate of drug-likeness (QED) is 0.0261. The Morgan fingerprint density at radius 1 is 0.273 bits per heavy atom. The fraction of sp³-hybridized carbons (Fsp3) is 0.704. The van der Waals surface area contributed by atoms with Crippen molar-refractivity contribution in [2.24, 2.45) is 0 Å². The minimum atomic E-state index is -0.795. The maximum Gasteiger partial charge on any atom is 0.306 e. The van der Waals surface area contributed by atoms with Gasteiger partial charge in [-0.25, -0.2) is 0 Å². The Bertz CT molecular complexity index is 1560. The summed E-state index contributed by atoms with van der Waals surface area (Å²) in [4.78, 5) is 38.3. The van der Waals surface area contributed by atoms with Crippen LogP contribution in [0.15, 0.2) is 109 Å². The van der Waals surface area contributed by atoms with Crippen LogP contribution in [0.25, 0.3) is 0 Å². The van der Waals surface area contributed by atoms with Gasteiger partial charge in [-0.1, -0.05) is 265 Å². The molecule has 6 nitrogen and oxygen atoms in total. The number of esters is 3. The largest absolute Gasteiger partial charge is 0.462 e. The van der Waals surface area contributed by atoms with E-state index in [1.54, 1.807) is 0 Å². The molecule has 0 aromatic rings. The van der Waals surface area contributed by atoms with Crippen LogP contribution in [0.5, 0.6) is 0 Å². The van der Waals surface area contributed by atoms with Crippen LogP contribution in [-0.4, -0.2) is 37.2 Å². The Kier molecular flexibility index (Phi) is 61.3. The highest BCUT2D eigenvalue weighted by atomic mass is 16.6. The summed E-state index contributed by atoms with van der Waals surface area (Å²) in [6.45, 7) is 6.51. The molecule has 0 rings (SSSR count). The molecule has 0 saturated carbocycles. The molecule has 0 heterocycles. The summed E-state index contributed by atoms with van der Waals surface area (Å²) in [5, 5.41) is 0. The van der Waals surface area contributed by atoms with Crippen LogP contribution in [0.4, 0.5) is 0 Å². The summed E-state index contributed by atoms with van der Waals surface area (Å²) in [6, 6.07) is 0. The van der Waals surface area contributed by atoms with Crippen LogP contribution in [0, 0.1) is 0 Å². The van der Waals surface area contributed by atoms with Gasteiger partial charge in [-0.2, -0.15) is 0 Å². The van der Waals surface area contributed by atoms with E-state index in [0.29, 0.717) is 19.3 Å². The maximum absolute atomic E-state index is 12.9. The zero-order valence-electron chi connectivity index (χ0n) is 50.4. The predicted octanol–water partition coefficient (Wildman–Crippen LogP) is 22.2. The molecule has 1 atom stereocenters. The van der Waals surface area contributed by atoms with Gasteiger partial charge in [0.05, 0.1) is 0 Å². The number of rotatable bonds is 58. The number of ether oxygens (including phenoxy) is 3. The van der Waals surface area contributed by atoms with Crippen molar-refractivity contribution in [2.45, 2.75) is 309 Å². The Morgan fingerprint density at radius 3 is 0.805 bits per heavy atom. The zero-order valence-corrected chi connectivity index (χ0v) is 50.4. The van der Waals surface area contributed by atoms with E-state index in [-0.39, 0.29) is 31.1 Å². The summed E-state index contributed by atoms with van der Waals surface area (Å²) in [7, 11) is 0. The average molecular weight is 1070 g/mol. The van der Waals surface area contributed by atoms with Gasteiger partial charge in [-0.3, -0.25) is 14.4 Å². The van der Waals surface area contributed by atoms with Crippen molar-refractivity contribution in [3.05, 3.63) is 109 Å². The third-order valence-electron chi connectivity index (χ3n) is 13.7. The third kappa shape index (κ3) is 62.8. The van der Waals surface area contributed by atoms with E-state index >= 15 is 0 Å². The predicted molar refractivity (Wildman–Crippen MR) is 334 cm³/mol. The monoisotopic (exact) mass is 1070 g/mol. The highest BCUT2D eigenvalue weighted by Gasteiger charge is 2.19. The molecule has 0 saturated heterocycles. The minimum absolute atomic E-state index is 0.0903. The second-order valence-corrected chi connectivity index (χ2v) is 21.3. The lowest BCUT2D eigenvalue weighted by atomic mass is 10.1. The first-order chi connectivity index (χ1) is 38.0. The van der Waals surface area contributed by atoms with E-state index < -0.39 is 6.10 Å². The zero-order chi connectivity index (χ0) is 55.7. The first-order valence-corrected chi connectivity index (χ1v) is 32.4. The van der Waals surface area contributed by atoms with Gasteiger partial charge in [0.25, 0.3) is 0 Å². The molecule has 0 N–H and O–H groups in total. The van der Waals surface area contributed by atoms with Crippen molar-refractivity contribution in [1.82, 2.24) is 0 Å². The average Bonchev–Trinajstić information content (AvgIpc) is 3.43. The van der Waals surface area contributed by atoms with Crippen molar-refractivity contribution < 1.29 is 28.6 Å². The van der Waals surface area contributed by atoms with Crippen LogP contribution in [-0.2, 0) is 28.6 Å². The molecule has 77 heavy (non-hydrogen) atoms. The molecule has 0 aliphatic rings. The lowest BCUT2D eigenvalue weighted by molar-refractivity contribution is -0.167. The molecule has 440 valence electrons. The van der Waals surface area contributed by atoms with E-state index in [0.717, 1.165) is 128 Å². The van der Waals surface area contributed by atoms with Crippen LogP contribution in [0.2, 0.25) is 0 Å². The fourth-order valence-corrected chi connectivity index (χ4v) is 8.88. The van der Waals surface area contributed by atoms with Crippen LogP contribution in [0.1, 0.15) is 303 Å². The van der Waals surface area contributed by atoms with Crippen molar-refractivity contribution in [3.8, 4) is 0 Å². The molecular weight excluding hydrogens is 949 g/mol. The molecule has 0 aliphatic heterocycles. The van der Waals surface area contributed by atoms with Gasteiger partial charge in [0.15, 0.2) is 6.10 Å². The SMILES string of the molecule is CC/C=C\C/C=C\C/C=C\C/C=C\C/C=C\C/C=C\C/C=C\CCCCCCCC(=O)OCC(COC(=O)CCCCCCC/C=C\CCCCCCC)OC(=O)CCCCCCCCC/C=C\CCCCCCCCC. The lowest BCUT2D eigenvalue weighted by Gasteiger charge is -2.18. The number of carbonyl (C=O) groups is 3. The topological polar surface area (TPSA) is 78.9 Å². The van der Waals surface area contributed by atoms with Gasteiger partial charge in [0, 0.05) is 19.3 Å². The summed E-state index contributed by atoms with van der Waals surface area (Å²) < 4.78 is 16.9. The summed E-state index contributed by atoms with van der Waals surface area (Å²) in [5.74, 6) is -0.915. The van der Waals surface area contributed by atoms with E-state index in [1.807, 2.05) is 0 Å². The van der Waals surface area contributed by atoms with Gasteiger partial charge in [-0.15, -0.1) is 0 Å². The Labute approximate surface area is 476 Å². The van der Waals surface area contributed by atoms with Crippen LogP contribution < -0.4 is 0 Å². The standard InChI is InChI=1S/C71H120O6/c1-4-7-10-13-16-19-22-25-28-30-32-33-34-35-36-37-38-39-40-42-43-46-49-52-55-58-61-64-70(73)76-67-68(66-75-69(72)63-60-57-54-51-48-45-27-24-21-18-15-12-9-6-3)77-71(74)65-62-59-56-53-50-47-44-41-31-29-26-23-20-17-14-11-8-5-2/h7,10,16,19,24-25,27-29,31-33,35-36,38-39,42-43,68H,4-6,8-9,11-15,17-18,20-23,26,30,34,37,40-41,44-67H2,1-3H3/b10-7-,19-16-,27-24-,28-25-,31-29-,33-32-,36-35-,39-38-,43-42-. The molecule has 0 spiro atoms. The highest BCUT2D eigenvalue weighted by Crippen LogP contribution is 2.15. The first-order valence-electron chi connectivity index (χ1n) is 32.4. The molecule has 0 aliphatic carbocycles. The number of unbranched alkanes of at least 4 members (excludes halogenated alkanes) is 29. The van der Waals surface area contributed by atoms with E-state index in [2.05, 4.69) is 130 Å². The minimum Gasteiger partial charge on any atom is -0.462 e. The van der Waals surface area contributed by atoms with Gasteiger partial charge in [0.1, 0.15) is 13.2 Å².